The molecule has 0 bridgehead atoms. The van der Waals surface area contributed by atoms with Crippen molar-refractivity contribution in [1.29, 1.82) is 0 Å². The average Bonchev–Trinajstić information content (AvgIpc) is 2.06. The predicted octanol–water partition coefficient (Wildman–Crippen LogP) is 3.91. The van der Waals surface area contributed by atoms with E-state index in [1.807, 2.05) is 0 Å². The molecule has 1 unspecified atom stereocenters. The number of alkyl halides is 1. The minimum Gasteiger partial charge on any atom is -0.207 e. The molecule has 0 aliphatic heterocycles. The molecule has 0 aliphatic carbocycles. The van der Waals surface area contributed by atoms with E-state index in [0.717, 1.165) is 18.4 Å². The molecule has 0 amide bonds. The van der Waals surface area contributed by atoms with Crippen LogP contribution < -0.4 is 0 Å². The van der Waals surface area contributed by atoms with E-state index in [4.69, 9.17) is 11.6 Å². The van der Waals surface area contributed by atoms with Gasteiger partial charge in [-0.1, -0.05) is 25.5 Å². The Morgan fingerprint density at radius 2 is 1.92 bits per heavy atom. The van der Waals surface area contributed by atoms with Crippen LogP contribution >= 0.6 is 11.6 Å². The lowest BCUT2D eigenvalue weighted by molar-refractivity contribution is 0.626. The largest absolute Gasteiger partial charge is 0.207 e. The van der Waals surface area contributed by atoms with Gasteiger partial charge in [-0.05, 0) is 24.1 Å². The first-order valence-electron chi connectivity index (χ1n) is 4.13. The van der Waals surface area contributed by atoms with Crippen molar-refractivity contribution in [1.82, 2.24) is 0 Å². The lowest BCUT2D eigenvalue weighted by Gasteiger charge is -2.07. The topological polar surface area (TPSA) is 0 Å². The van der Waals surface area contributed by atoms with Crippen molar-refractivity contribution in [3.05, 3.63) is 35.6 Å². The van der Waals surface area contributed by atoms with Crippen LogP contribution in [0.15, 0.2) is 24.3 Å². The molecule has 0 saturated carbocycles. The highest BCUT2D eigenvalue weighted by Gasteiger charge is 2.05. The zero-order chi connectivity index (χ0) is 8.97. The number of hydrogen-bond donors (Lipinski definition) is 0. The van der Waals surface area contributed by atoms with Crippen molar-refractivity contribution in [2.45, 2.75) is 25.1 Å². The fourth-order valence-corrected chi connectivity index (χ4v) is 1.46. The molecule has 66 valence electrons. The Bertz CT molecular complexity index is 230. The molecule has 12 heavy (non-hydrogen) atoms. The summed E-state index contributed by atoms with van der Waals surface area (Å²) < 4.78 is 12.5. The molecule has 0 heterocycles. The van der Waals surface area contributed by atoms with Crippen LogP contribution in [0.25, 0.3) is 0 Å². The fourth-order valence-electron chi connectivity index (χ4n) is 1.09. The summed E-state index contributed by atoms with van der Waals surface area (Å²) in [4.78, 5) is 0. The Kier molecular flexibility index (Phi) is 3.54. The highest BCUT2D eigenvalue weighted by Crippen LogP contribution is 2.25. The van der Waals surface area contributed by atoms with Crippen LogP contribution in [-0.4, -0.2) is 0 Å². The van der Waals surface area contributed by atoms with E-state index in [9.17, 15) is 4.39 Å². The normalized spacial score (nSPS) is 12.9. The molecule has 0 fully saturated rings. The molecule has 0 nitrogen and oxygen atoms in total. The van der Waals surface area contributed by atoms with E-state index in [1.165, 1.54) is 12.1 Å². The van der Waals surface area contributed by atoms with Gasteiger partial charge in [0.1, 0.15) is 5.82 Å². The van der Waals surface area contributed by atoms with Gasteiger partial charge in [0.25, 0.3) is 0 Å². The summed E-state index contributed by atoms with van der Waals surface area (Å²) in [6, 6.07) is 6.37. The van der Waals surface area contributed by atoms with Gasteiger partial charge in [0.2, 0.25) is 0 Å². The molecular formula is C10H12ClF. The van der Waals surface area contributed by atoms with E-state index < -0.39 is 0 Å². The molecular weight excluding hydrogens is 175 g/mol. The molecule has 0 aromatic heterocycles. The fraction of sp³-hybridized carbons (Fsp3) is 0.400. The van der Waals surface area contributed by atoms with Gasteiger partial charge in [-0.15, -0.1) is 11.6 Å². The summed E-state index contributed by atoms with van der Waals surface area (Å²) in [5.41, 5.74) is 1.000. The van der Waals surface area contributed by atoms with Crippen LogP contribution in [0.3, 0.4) is 0 Å². The Morgan fingerprint density at radius 1 is 1.33 bits per heavy atom. The van der Waals surface area contributed by atoms with Gasteiger partial charge in [-0.2, -0.15) is 0 Å². The standard InChI is InChI=1S/C10H12ClF/c1-2-3-10(11)8-4-6-9(12)7-5-8/h4-7,10H,2-3H2,1H3. The van der Waals surface area contributed by atoms with Crippen molar-refractivity contribution in [2.75, 3.05) is 0 Å². The second-order valence-electron chi connectivity index (χ2n) is 2.81. The Balaban J connectivity index is 2.68. The maximum absolute atomic E-state index is 12.5. The number of rotatable bonds is 3. The highest BCUT2D eigenvalue weighted by molar-refractivity contribution is 6.20. The molecule has 0 N–H and O–H groups in total. The molecule has 1 aromatic rings. The predicted molar refractivity (Wildman–Crippen MR) is 49.9 cm³/mol. The molecule has 0 saturated heterocycles. The SMILES string of the molecule is CCCC(Cl)c1ccc(F)cc1. The second kappa shape index (κ2) is 4.46. The summed E-state index contributed by atoms with van der Waals surface area (Å²) >= 11 is 6.04. The second-order valence-corrected chi connectivity index (χ2v) is 3.33. The van der Waals surface area contributed by atoms with Crippen LogP contribution in [0.2, 0.25) is 0 Å². The number of hydrogen-bond acceptors (Lipinski definition) is 0. The van der Waals surface area contributed by atoms with Crippen molar-refractivity contribution in [2.24, 2.45) is 0 Å². The van der Waals surface area contributed by atoms with Gasteiger partial charge in [-0.3, -0.25) is 0 Å². The first kappa shape index (κ1) is 9.53. The summed E-state index contributed by atoms with van der Waals surface area (Å²) in [5.74, 6) is -0.209. The van der Waals surface area contributed by atoms with Gasteiger partial charge < -0.3 is 0 Å². The number of benzene rings is 1. The van der Waals surface area contributed by atoms with Crippen LogP contribution in [0.4, 0.5) is 4.39 Å². The third-order valence-electron chi connectivity index (χ3n) is 1.77. The summed E-state index contributed by atoms with van der Waals surface area (Å²) in [5, 5.41) is 0.0237. The van der Waals surface area contributed by atoms with Crippen molar-refractivity contribution >= 4 is 11.6 Å². The Hall–Kier alpha value is -0.560. The monoisotopic (exact) mass is 186 g/mol. The highest BCUT2D eigenvalue weighted by atomic mass is 35.5. The van der Waals surface area contributed by atoms with Crippen LogP contribution in [-0.2, 0) is 0 Å². The van der Waals surface area contributed by atoms with E-state index >= 15 is 0 Å². The van der Waals surface area contributed by atoms with Crippen molar-refractivity contribution < 1.29 is 4.39 Å². The van der Waals surface area contributed by atoms with E-state index in [2.05, 4.69) is 6.92 Å². The third kappa shape index (κ3) is 2.49. The average molecular weight is 187 g/mol. The number of halogens is 2. The Morgan fingerprint density at radius 3 is 2.42 bits per heavy atom. The van der Waals surface area contributed by atoms with Gasteiger partial charge in [-0.25, -0.2) is 4.39 Å². The van der Waals surface area contributed by atoms with Gasteiger partial charge in [0.05, 0.1) is 5.38 Å². The molecule has 0 spiro atoms. The molecule has 1 rings (SSSR count). The lowest BCUT2D eigenvalue weighted by Crippen LogP contribution is -1.89. The first-order valence-corrected chi connectivity index (χ1v) is 4.57. The molecule has 1 atom stereocenters. The van der Waals surface area contributed by atoms with E-state index in [1.54, 1.807) is 12.1 Å². The maximum Gasteiger partial charge on any atom is 0.123 e. The van der Waals surface area contributed by atoms with Crippen molar-refractivity contribution in [3.63, 3.8) is 0 Å². The minimum absolute atomic E-state index is 0.0237. The zero-order valence-electron chi connectivity index (χ0n) is 7.06. The summed E-state index contributed by atoms with van der Waals surface area (Å²) in [7, 11) is 0. The lowest BCUT2D eigenvalue weighted by atomic mass is 10.1. The van der Waals surface area contributed by atoms with Gasteiger partial charge >= 0.3 is 0 Å². The minimum atomic E-state index is -0.209. The summed E-state index contributed by atoms with van der Waals surface area (Å²) in [6.45, 7) is 2.08. The van der Waals surface area contributed by atoms with Crippen LogP contribution in [0, 0.1) is 5.82 Å². The molecule has 0 aliphatic rings. The quantitative estimate of drug-likeness (QED) is 0.628. The summed E-state index contributed by atoms with van der Waals surface area (Å²) in [6.07, 6.45) is 1.98. The first-order chi connectivity index (χ1) is 5.74. The molecule has 0 radical (unpaired) electrons. The van der Waals surface area contributed by atoms with Crippen LogP contribution in [0.5, 0.6) is 0 Å². The Labute approximate surface area is 77.4 Å². The maximum atomic E-state index is 12.5. The molecule has 2 heteroatoms. The zero-order valence-corrected chi connectivity index (χ0v) is 7.81. The van der Waals surface area contributed by atoms with E-state index in [0.29, 0.717) is 0 Å². The van der Waals surface area contributed by atoms with E-state index in [-0.39, 0.29) is 11.2 Å². The van der Waals surface area contributed by atoms with Crippen molar-refractivity contribution in [3.8, 4) is 0 Å². The molecule has 1 aromatic carbocycles. The van der Waals surface area contributed by atoms with Crippen LogP contribution in [0.1, 0.15) is 30.7 Å². The van der Waals surface area contributed by atoms with Gasteiger partial charge in [0, 0.05) is 0 Å². The van der Waals surface area contributed by atoms with Gasteiger partial charge in [0.15, 0.2) is 0 Å². The smallest absolute Gasteiger partial charge is 0.123 e. The third-order valence-corrected chi connectivity index (χ3v) is 2.24.